The molecular weight excluding hydrogens is 375 g/mol. The van der Waals surface area contributed by atoms with E-state index in [1.165, 1.54) is 19.2 Å². The predicted molar refractivity (Wildman–Crippen MR) is 96.8 cm³/mol. The Labute approximate surface area is 160 Å². The minimum Gasteiger partial charge on any atom is -0.494 e. The first-order valence-corrected chi connectivity index (χ1v) is 8.34. The van der Waals surface area contributed by atoms with E-state index >= 15 is 0 Å². The molecule has 2 rings (SSSR count). The van der Waals surface area contributed by atoms with E-state index in [-0.39, 0.29) is 11.4 Å². The van der Waals surface area contributed by atoms with Gasteiger partial charge in [-0.3, -0.25) is 14.5 Å². The normalized spacial score (nSPS) is 11.1. The molecular formula is C20H20F3NO4. The number of methoxy groups -OCH3 is 1. The monoisotopic (exact) mass is 395 g/mol. The number of esters is 1. The van der Waals surface area contributed by atoms with E-state index in [1.807, 2.05) is 0 Å². The van der Waals surface area contributed by atoms with E-state index in [2.05, 4.69) is 0 Å². The topological polar surface area (TPSA) is 55.8 Å². The summed E-state index contributed by atoms with van der Waals surface area (Å²) < 4.78 is 52.3. The van der Waals surface area contributed by atoms with Crippen LogP contribution in [0.3, 0.4) is 0 Å². The zero-order valence-corrected chi connectivity index (χ0v) is 15.9. The van der Waals surface area contributed by atoms with Crippen LogP contribution < -0.4 is 9.64 Å². The van der Waals surface area contributed by atoms with E-state index < -0.39 is 47.0 Å². The number of carbonyl (C=O) groups is 2. The average Bonchev–Trinajstić information content (AvgIpc) is 2.57. The number of amides is 1. The lowest BCUT2D eigenvalue weighted by molar-refractivity contribution is -0.152. The summed E-state index contributed by atoms with van der Waals surface area (Å²) in [4.78, 5) is 25.8. The quantitative estimate of drug-likeness (QED) is 0.716. The SMILES string of the molecule is COc1ccc(N(CC(=O)OC(C)(C)C)C(=O)c2c(F)cccc2F)cc1F. The van der Waals surface area contributed by atoms with Crippen molar-refractivity contribution in [3.63, 3.8) is 0 Å². The summed E-state index contributed by atoms with van der Waals surface area (Å²) in [7, 11) is 1.26. The second kappa shape index (κ2) is 8.33. The van der Waals surface area contributed by atoms with Gasteiger partial charge >= 0.3 is 5.97 Å². The van der Waals surface area contributed by atoms with E-state index in [9.17, 15) is 22.8 Å². The molecule has 0 saturated carbocycles. The van der Waals surface area contributed by atoms with Gasteiger partial charge < -0.3 is 9.47 Å². The summed E-state index contributed by atoms with van der Waals surface area (Å²) in [5.74, 6) is -5.08. The maximum atomic E-state index is 14.1. The maximum absolute atomic E-state index is 14.1. The molecule has 0 aliphatic rings. The fourth-order valence-corrected chi connectivity index (χ4v) is 2.44. The Balaban J connectivity index is 2.48. The molecule has 0 unspecified atom stereocenters. The molecule has 0 aromatic heterocycles. The van der Waals surface area contributed by atoms with Crippen LogP contribution in [-0.4, -0.2) is 31.1 Å². The molecule has 0 fully saturated rings. The van der Waals surface area contributed by atoms with Gasteiger partial charge in [-0.05, 0) is 45.0 Å². The van der Waals surface area contributed by atoms with Gasteiger partial charge in [-0.1, -0.05) is 6.07 Å². The highest BCUT2D eigenvalue weighted by atomic mass is 19.1. The molecule has 0 radical (unpaired) electrons. The Morgan fingerprint density at radius 1 is 1.00 bits per heavy atom. The molecule has 0 heterocycles. The summed E-state index contributed by atoms with van der Waals surface area (Å²) in [6.45, 7) is 4.21. The van der Waals surface area contributed by atoms with Crippen molar-refractivity contribution < 1.29 is 32.2 Å². The van der Waals surface area contributed by atoms with Crippen molar-refractivity contribution in [2.45, 2.75) is 26.4 Å². The van der Waals surface area contributed by atoms with Gasteiger partial charge in [0.1, 0.15) is 29.3 Å². The third-order valence-electron chi connectivity index (χ3n) is 3.58. The smallest absolute Gasteiger partial charge is 0.326 e. The Morgan fingerprint density at radius 2 is 1.61 bits per heavy atom. The van der Waals surface area contributed by atoms with Crippen molar-refractivity contribution in [2.75, 3.05) is 18.6 Å². The van der Waals surface area contributed by atoms with Gasteiger partial charge in [0.25, 0.3) is 5.91 Å². The second-order valence-corrected chi connectivity index (χ2v) is 6.89. The molecule has 1 amide bonds. The van der Waals surface area contributed by atoms with Crippen molar-refractivity contribution in [1.82, 2.24) is 0 Å². The van der Waals surface area contributed by atoms with Crippen LogP contribution in [0.5, 0.6) is 5.75 Å². The highest BCUT2D eigenvalue weighted by Gasteiger charge is 2.28. The van der Waals surface area contributed by atoms with Gasteiger partial charge in [0, 0.05) is 11.8 Å². The van der Waals surface area contributed by atoms with Crippen LogP contribution in [0.15, 0.2) is 36.4 Å². The van der Waals surface area contributed by atoms with E-state index in [0.29, 0.717) is 0 Å². The van der Waals surface area contributed by atoms with Crippen molar-refractivity contribution in [3.05, 3.63) is 59.4 Å². The first-order valence-electron chi connectivity index (χ1n) is 8.34. The second-order valence-electron chi connectivity index (χ2n) is 6.89. The van der Waals surface area contributed by atoms with E-state index in [4.69, 9.17) is 9.47 Å². The molecule has 0 N–H and O–H groups in total. The third kappa shape index (κ3) is 5.03. The summed E-state index contributed by atoms with van der Waals surface area (Å²) in [5.41, 5.74) is -1.79. The Bertz CT molecular complexity index is 873. The average molecular weight is 395 g/mol. The first kappa shape index (κ1) is 21.3. The zero-order valence-electron chi connectivity index (χ0n) is 15.9. The molecule has 28 heavy (non-hydrogen) atoms. The lowest BCUT2D eigenvalue weighted by Gasteiger charge is -2.26. The van der Waals surface area contributed by atoms with Gasteiger partial charge in [-0.2, -0.15) is 0 Å². The van der Waals surface area contributed by atoms with Crippen LogP contribution >= 0.6 is 0 Å². The summed E-state index contributed by atoms with van der Waals surface area (Å²) in [6, 6.07) is 6.39. The molecule has 0 saturated heterocycles. The summed E-state index contributed by atoms with van der Waals surface area (Å²) >= 11 is 0. The summed E-state index contributed by atoms with van der Waals surface area (Å²) in [5, 5.41) is 0. The number of halogens is 3. The molecule has 0 aliphatic heterocycles. The number of hydrogen-bond acceptors (Lipinski definition) is 4. The van der Waals surface area contributed by atoms with Crippen LogP contribution in [0.4, 0.5) is 18.9 Å². The number of anilines is 1. The maximum Gasteiger partial charge on any atom is 0.326 e. The molecule has 0 bridgehead atoms. The fourth-order valence-electron chi connectivity index (χ4n) is 2.44. The summed E-state index contributed by atoms with van der Waals surface area (Å²) in [6.07, 6.45) is 0. The fraction of sp³-hybridized carbons (Fsp3) is 0.300. The Morgan fingerprint density at radius 3 is 2.11 bits per heavy atom. The molecule has 0 aliphatic carbocycles. The standard InChI is InChI=1S/C20H20F3NO4/c1-20(2,3)28-17(25)11-24(12-8-9-16(27-4)15(23)10-12)19(26)18-13(21)6-5-7-14(18)22/h5-10H,11H2,1-4H3. The van der Waals surface area contributed by atoms with Gasteiger partial charge in [-0.15, -0.1) is 0 Å². The van der Waals surface area contributed by atoms with Gasteiger partial charge in [-0.25, -0.2) is 13.2 Å². The van der Waals surface area contributed by atoms with Crippen molar-refractivity contribution in [2.24, 2.45) is 0 Å². The van der Waals surface area contributed by atoms with Gasteiger partial charge in [0.05, 0.1) is 7.11 Å². The van der Waals surface area contributed by atoms with Crippen LogP contribution in [0.2, 0.25) is 0 Å². The van der Waals surface area contributed by atoms with Gasteiger partial charge in [0.2, 0.25) is 0 Å². The van der Waals surface area contributed by atoms with Gasteiger partial charge in [0.15, 0.2) is 11.6 Å². The number of nitrogens with zero attached hydrogens (tertiary/aromatic N) is 1. The molecule has 2 aromatic carbocycles. The number of carbonyl (C=O) groups excluding carboxylic acids is 2. The van der Waals surface area contributed by atoms with Crippen LogP contribution in [0.25, 0.3) is 0 Å². The highest BCUT2D eigenvalue weighted by Crippen LogP contribution is 2.26. The predicted octanol–water partition coefficient (Wildman–Crippen LogP) is 4.10. The lowest BCUT2D eigenvalue weighted by Crippen LogP contribution is -2.39. The lowest BCUT2D eigenvalue weighted by atomic mass is 10.1. The molecule has 5 nitrogen and oxygen atoms in total. The number of benzene rings is 2. The molecule has 0 atom stereocenters. The first-order chi connectivity index (χ1) is 13.0. The number of ether oxygens (including phenoxy) is 2. The Hall–Kier alpha value is -3.03. The largest absolute Gasteiger partial charge is 0.494 e. The Kier molecular flexibility index (Phi) is 6.33. The minimum absolute atomic E-state index is 0.0863. The molecule has 8 heteroatoms. The molecule has 0 spiro atoms. The third-order valence-corrected chi connectivity index (χ3v) is 3.58. The van der Waals surface area contributed by atoms with Crippen LogP contribution in [0, 0.1) is 17.5 Å². The molecule has 150 valence electrons. The number of rotatable bonds is 5. The van der Waals surface area contributed by atoms with Crippen molar-refractivity contribution in [3.8, 4) is 5.75 Å². The number of hydrogen-bond donors (Lipinski definition) is 0. The van der Waals surface area contributed by atoms with E-state index in [0.717, 1.165) is 29.2 Å². The zero-order chi connectivity index (χ0) is 21.1. The van der Waals surface area contributed by atoms with E-state index in [1.54, 1.807) is 20.8 Å². The van der Waals surface area contributed by atoms with Crippen molar-refractivity contribution in [1.29, 1.82) is 0 Å². The van der Waals surface area contributed by atoms with Crippen molar-refractivity contribution >= 4 is 17.6 Å². The molecule has 2 aromatic rings. The minimum atomic E-state index is -1.15. The van der Waals surface area contributed by atoms with Crippen LogP contribution in [-0.2, 0) is 9.53 Å². The highest BCUT2D eigenvalue weighted by molar-refractivity contribution is 6.08. The van der Waals surface area contributed by atoms with Crippen LogP contribution in [0.1, 0.15) is 31.1 Å².